The summed E-state index contributed by atoms with van der Waals surface area (Å²) in [6, 6.07) is 0.473. The molecule has 2 heterocycles. The molecule has 1 saturated heterocycles. The van der Waals surface area contributed by atoms with E-state index < -0.39 is 0 Å². The minimum atomic E-state index is 0.473. The largest absolute Gasteiger partial charge is 0.381 e. The summed E-state index contributed by atoms with van der Waals surface area (Å²) in [5.41, 5.74) is 9.09. The monoisotopic (exact) mass is 250 g/mol. The van der Waals surface area contributed by atoms with Gasteiger partial charge in [0.05, 0.1) is 5.69 Å². The Morgan fingerprint density at radius 1 is 1.28 bits per heavy atom. The van der Waals surface area contributed by atoms with Gasteiger partial charge in [-0.05, 0) is 32.3 Å². The number of rotatable bonds is 3. The van der Waals surface area contributed by atoms with Gasteiger partial charge < -0.3 is 15.4 Å². The van der Waals surface area contributed by atoms with Gasteiger partial charge in [0.1, 0.15) is 0 Å². The van der Waals surface area contributed by atoms with Crippen molar-refractivity contribution >= 4 is 5.82 Å². The molecule has 0 amide bonds. The molecule has 0 saturated carbocycles. The van der Waals surface area contributed by atoms with Crippen molar-refractivity contribution in [3.8, 4) is 0 Å². The van der Waals surface area contributed by atoms with Gasteiger partial charge in [0.2, 0.25) is 0 Å². The molecule has 2 rings (SSSR count). The second kappa shape index (κ2) is 5.63. The van der Waals surface area contributed by atoms with E-state index in [4.69, 9.17) is 10.5 Å². The third-order valence-corrected chi connectivity index (χ3v) is 3.84. The molecule has 1 aromatic rings. The molecule has 1 aromatic heterocycles. The predicted octanol–water partition coefficient (Wildman–Crippen LogP) is 1.17. The van der Waals surface area contributed by atoms with Crippen LogP contribution in [0.1, 0.15) is 29.7 Å². The highest BCUT2D eigenvalue weighted by molar-refractivity contribution is 5.50. The summed E-state index contributed by atoms with van der Waals surface area (Å²) in [5, 5.41) is 8.56. The summed E-state index contributed by atoms with van der Waals surface area (Å²) in [4.78, 5) is 2.21. The zero-order valence-corrected chi connectivity index (χ0v) is 11.4. The molecule has 1 fully saturated rings. The van der Waals surface area contributed by atoms with Crippen molar-refractivity contribution in [2.24, 2.45) is 5.73 Å². The fourth-order valence-electron chi connectivity index (χ4n) is 2.42. The van der Waals surface area contributed by atoms with Crippen LogP contribution in [-0.4, -0.2) is 36.5 Å². The molecule has 0 aliphatic carbocycles. The van der Waals surface area contributed by atoms with Crippen LogP contribution in [0.5, 0.6) is 0 Å². The van der Waals surface area contributed by atoms with Crippen molar-refractivity contribution in [2.45, 2.75) is 39.3 Å². The summed E-state index contributed by atoms with van der Waals surface area (Å²) in [6.45, 7) is 6.19. The third-order valence-electron chi connectivity index (χ3n) is 3.84. The van der Waals surface area contributed by atoms with Crippen molar-refractivity contribution in [2.75, 3.05) is 25.2 Å². The molecule has 5 nitrogen and oxygen atoms in total. The highest BCUT2D eigenvalue weighted by Crippen LogP contribution is 2.25. The van der Waals surface area contributed by atoms with E-state index in [-0.39, 0.29) is 0 Å². The predicted molar refractivity (Wildman–Crippen MR) is 71.6 cm³/mol. The topological polar surface area (TPSA) is 64.3 Å². The lowest BCUT2D eigenvalue weighted by Gasteiger charge is -2.33. The maximum Gasteiger partial charge on any atom is 0.156 e. The van der Waals surface area contributed by atoms with E-state index in [1.807, 2.05) is 6.92 Å². The minimum Gasteiger partial charge on any atom is -0.381 e. The number of anilines is 1. The van der Waals surface area contributed by atoms with Crippen LogP contribution in [0.15, 0.2) is 0 Å². The lowest BCUT2D eigenvalue weighted by molar-refractivity contribution is 0.0853. The van der Waals surface area contributed by atoms with Crippen LogP contribution in [0.4, 0.5) is 5.82 Å². The van der Waals surface area contributed by atoms with E-state index >= 15 is 0 Å². The van der Waals surface area contributed by atoms with Crippen molar-refractivity contribution in [3.05, 3.63) is 16.8 Å². The Kier molecular flexibility index (Phi) is 4.14. The summed E-state index contributed by atoms with van der Waals surface area (Å²) in [6.07, 6.45) is 2.07. The van der Waals surface area contributed by atoms with Gasteiger partial charge >= 0.3 is 0 Å². The lowest BCUT2D eigenvalue weighted by Crippen LogP contribution is -2.38. The van der Waals surface area contributed by atoms with E-state index in [1.54, 1.807) is 0 Å². The van der Waals surface area contributed by atoms with Crippen molar-refractivity contribution in [1.29, 1.82) is 0 Å². The summed E-state index contributed by atoms with van der Waals surface area (Å²) < 4.78 is 5.40. The first-order chi connectivity index (χ1) is 8.65. The average molecular weight is 250 g/mol. The fourth-order valence-corrected chi connectivity index (χ4v) is 2.42. The van der Waals surface area contributed by atoms with Crippen LogP contribution in [0.3, 0.4) is 0 Å². The Bertz CT molecular complexity index is 416. The van der Waals surface area contributed by atoms with Gasteiger partial charge in [-0.1, -0.05) is 0 Å². The van der Waals surface area contributed by atoms with Gasteiger partial charge in [-0.2, -0.15) is 5.10 Å². The molecular formula is C13H22N4O. The Morgan fingerprint density at radius 3 is 2.56 bits per heavy atom. The number of ether oxygens (including phenoxy) is 1. The molecule has 1 aliphatic heterocycles. The zero-order chi connectivity index (χ0) is 13.1. The van der Waals surface area contributed by atoms with Gasteiger partial charge in [-0.3, -0.25) is 0 Å². The van der Waals surface area contributed by atoms with Crippen LogP contribution in [0, 0.1) is 13.8 Å². The first kappa shape index (κ1) is 13.2. The summed E-state index contributed by atoms with van der Waals surface area (Å²) in [5.74, 6) is 0.924. The zero-order valence-electron chi connectivity index (χ0n) is 11.4. The normalized spacial score (nSPS) is 16.9. The maximum atomic E-state index is 5.87. The first-order valence-electron chi connectivity index (χ1n) is 6.48. The highest BCUT2D eigenvalue weighted by Gasteiger charge is 2.22. The molecule has 0 radical (unpaired) electrons. The quantitative estimate of drug-likeness (QED) is 0.872. The van der Waals surface area contributed by atoms with Gasteiger partial charge in [0.15, 0.2) is 5.82 Å². The van der Waals surface area contributed by atoms with Crippen LogP contribution in [0.25, 0.3) is 0 Å². The van der Waals surface area contributed by atoms with Crippen LogP contribution in [-0.2, 0) is 11.3 Å². The molecular weight excluding hydrogens is 228 g/mol. The lowest BCUT2D eigenvalue weighted by atomic mass is 10.0. The fraction of sp³-hybridized carbons (Fsp3) is 0.692. The van der Waals surface area contributed by atoms with Gasteiger partial charge in [-0.15, -0.1) is 5.10 Å². The summed E-state index contributed by atoms with van der Waals surface area (Å²) >= 11 is 0. The molecule has 18 heavy (non-hydrogen) atoms. The highest BCUT2D eigenvalue weighted by atomic mass is 16.5. The Balaban J connectivity index is 2.28. The molecule has 0 atom stereocenters. The van der Waals surface area contributed by atoms with Crippen LogP contribution < -0.4 is 10.6 Å². The molecule has 2 N–H and O–H groups in total. The van der Waals surface area contributed by atoms with Gasteiger partial charge in [-0.25, -0.2) is 0 Å². The number of aromatic nitrogens is 2. The standard InChI is InChI=1S/C13H22N4O/c1-9-10(2)15-16-13(12(9)8-14)17(3)11-4-6-18-7-5-11/h11H,4-8,14H2,1-3H3. The van der Waals surface area contributed by atoms with Gasteiger partial charge in [0.25, 0.3) is 0 Å². The SMILES string of the molecule is Cc1nnc(N(C)C2CCOCC2)c(CN)c1C. The van der Waals surface area contributed by atoms with Crippen molar-refractivity contribution in [3.63, 3.8) is 0 Å². The third kappa shape index (κ3) is 2.47. The second-order valence-electron chi connectivity index (χ2n) is 4.87. The van der Waals surface area contributed by atoms with Gasteiger partial charge in [0, 0.05) is 38.4 Å². The number of nitrogens with zero attached hydrogens (tertiary/aromatic N) is 3. The molecule has 1 aliphatic rings. The number of hydrogen-bond acceptors (Lipinski definition) is 5. The smallest absolute Gasteiger partial charge is 0.156 e. The van der Waals surface area contributed by atoms with E-state index in [9.17, 15) is 0 Å². The van der Waals surface area contributed by atoms with E-state index in [2.05, 4.69) is 29.1 Å². The second-order valence-corrected chi connectivity index (χ2v) is 4.87. The molecule has 100 valence electrons. The van der Waals surface area contributed by atoms with Crippen molar-refractivity contribution in [1.82, 2.24) is 10.2 Å². The molecule has 0 bridgehead atoms. The maximum absolute atomic E-state index is 5.87. The Morgan fingerprint density at radius 2 is 1.94 bits per heavy atom. The van der Waals surface area contributed by atoms with E-state index in [0.717, 1.165) is 48.7 Å². The number of nitrogens with two attached hydrogens (primary N) is 1. The summed E-state index contributed by atoms with van der Waals surface area (Å²) in [7, 11) is 2.08. The first-order valence-corrected chi connectivity index (χ1v) is 6.48. The van der Waals surface area contributed by atoms with Crippen molar-refractivity contribution < 1.29 is 4.74 Å². The minimum absolute atomic E-state index is 0.473. The van der Waals surface area contributed by atoms with Crippen LogP contribution >= 0.6 is 0 Å². The number of aryl methyl sites for hydroxylation is 1. The average Bonchev–Trinajstić information content (AvgIpc) is 2.42. The Labute approximate surface area is 108 Å². The Hall–Kier alpha value is -1.20. The van der Waals surface area contributed by atoms with E-state index in [0.29, 0.717) is 12.6 Å². The number of hydrogen-bond donors (Lipinski definition) is 1. The molecule has 0 aromatic carbocycles. The van der Waals surface area contributed by atoms with E-state index in [1.165, 1.54) is 0 Å². The van der Waals surface area contributed by atoms with Crippen LogP contribution in [0.2, 0.25) is 0 Å². The molecule has 0 spiro atoms. The molecule has 5 heteroatoms. The molecule has 0 unspecified atom stereocenters.